The third kappa shape index (κ3) is 2.54. The molecule has 6 nitrogen and oxygen atoms in total. The van der Waals surface area contributed by atoms with Crippen molar-refractivity contribution in [3.8, 4) is 5.69 Å². The van der Waals surface area contributed by atoms with Crippen molar-refractivity contribution in [2.45, 2.75) is 20.0 Å². The number of nitrogens with zero attached hydrogens (tertiary/aromatic N) is 5. The van der Waals surface area contributed by atoms with Gasteiger partial charge < -0.3 is 9.88 Å². The Hall–Kier alpha value is -2.63. The average Bonchev–Trinajstić information content (AvgIpc) is 3.16. The van der Waals surface area contributed by atoms with Gasteiger partial charge in [-0.15, -0.1) is 5.10 Å². The van der Waals surface area contributed by atoms with Crippen LogP contribution in [-0.2, 0) is 13.1 Å². The SMILES string of the molecule is CCn1cccc1CNc1cccc(-n2cnnn2)c1. The molecule has 0 saturated carbocycles. The van der Waals surface area contributed by atoms with Crippen LogP contribution in [0.1, 0.15) is 12.6 Å². The van der Waals surface area contributed by atoms with Gasteiger partial charge in [0.25, 0.3) is 0 Å². The summed E-state index contributed by atoms with van der Waals surface area (Å²) in [4.78, 5) is 0. The first-order chi connectivity index (χ1) is 9.86. The van der Waals surface area contributed by atoms with Crippen molar-refractivity contribution in [2.24, 2.45) is 0 Å². The van der Waals surface area contributed by atoms with Gasteiger partial charge in [-0.05, 0) is 47.7 Å². The average molecular weight is 268 g/mol. The number of aryl methyl sites for hydroxylation is 1. The fourth-order valence-corrected chi connectivity index (χ4v) is 2.15. The van der Waals surface area contributed by atoms with Gasteiger partial charge in [-0.3, -0.25) is 0 Å². The lowest BCUT2D eigenvalue weighted by Gasteiger charge is -2.10. The lowest BCUT2D eigenvalue weighted by molar-refractivity contribution is 0.724. The predicted molar refractivity (Wildman–Crippen MR) is 76.6 cm³/mol. The molecule has 1 aromatic carbocycles. The number of hydrogen-bond donors (Lipinski definition) is 1. The van der Waals surface area contributed by atoms with E-state index in [1.54, 1.807) is 11.0 Å². The van der Waals surface area contributed by atoms with E-state index in [0.29, 0.717) is 0 Å². The van der Waals surface area contributed by atoms with Crippen molar-refractivity contribution in [1.29, 1.82) is 0 Å². The smallest absolute Gasteiger partial charge is 0.143 e. The predicted octanol–water partition coefficient (Wildman–Crippen LogP) is 2.10. The third-order valence-electron chi connectivity index (χ3n) is 3.20. The van der Waals surface area contributed by atoms with Crippen LogP contribution in [0.2, 0.25) is 0 Å². The first-order valence-electron chi connectivity index (χ1n) is 6.58. The Labute approximate surface area is 117 Å². The van der Waals surface area contributed by atoms with Crippen LogP contribution in [0.3, 0.4) is 0 Å². The van der Waals surface area contributed by atoms with Crippen LogP contribution < -0.4 is 5.32 Å². The molecule has 0 saturated heterocycles. The molecule has 0 aliphatic rings. The van der Waals surface area contributed by atoms with E-state index in [0.717, 1.165) is 24.5 Å². The molecule has 0 atom stereocenters. The maximum absolute atomic E-state index is 3.89. The van der Waals surface area contributed by atoms with Crippen molar-refractivity contribution in [1.82, 2.24) is 24.8 Å². The molecule has 0 unspecified atom stereocenters. The number of hydrogen-bond acceptors (Lipinski definition) is 4. The van der Waals surface area contributed by atoms with Crippen LogP contribution in [0.15, 0.2) is 48.9 Å². The van der Waals surface area contributed by atoms with Crippen LogP contribution >= 0.6 is 0 Å². The maximum atomic E-state index is 3.89. The van der Waals surface area contributed by atoms with E-state index in [4.69, 9.17) is 0 Å². The van der Waals surface area contributed by atoms with Crippen molar-refractivity contribution in [3.05, 3.63) is 54.6 Å². The van der Waals surface area contributed by atoms with E-state index in [-0.39, 0.29) is 0 Å². The summed E-state index contributed by atoms with van der Waals surface area (Å²) in [6.45, 7) is 3.91. The number of anilines is 1. The van der Waals surface area contributed by atoms with E-state index in [9.17, 15) is 0 Å². The molecule has 2 aromatic heterocycles. The first kappa shape index (κ1) is 12.4. The summed E-state index contributed by atoms with van der Waals surface area (Å²) in [5.74, 6) is 0. The molecule has 0 fully saturated rings. The zero-order valence-electron chi connectivity index (χ0n) is 11.3. The molecular weight excluding hydrogens is 252 g/mol. The molecule has 0 amide bonds. The lowest BCUT2D eigenvalue weighted by Crippen LogP contribution is -2.06. The van der Waals surface area contributed by atoms with Gasteiger partial charge in [-0.25, -0.2) is 4.68 Å². The van der Waals surface area contributed by atoms with Crippen LogP contribution in [0.5, 0.6) is 0 Å². The van der Waals surface area contributed by atoms with E-state index in [1.807, 2.05) is 24.3 Å². The van der Waals surface area contributed by atoms with Gasteiger partial charge in [0, 0.05) is 24.1 Å². The summed E-state index contributed by atoms with van der Waals surface area (Å²) in [7, 11) is 0. The zero-order chi connectivity index (χ0) is 13.8. The summed E-state index contributed by atoms with van der Waals surface area (Å²) in [6.07, 6.45) is 3.68. The molecule has 6 heteroatoms. The van der Waals surface area contributed by atoms with Crippen molar-refractivity contribution in [3.63, 3.8) is 0 Å². The molecule has 0 radical (unpaired) electrons. The minimum atomic E-state index is 0.792. The molecule has 0 aliphatic carbocycles. The van der Waals surface area contributed by atoms with Gasteiger partial charge >= 0.3 is 0 Å². The Morgan fingerprint density at radius 1 is 1.20 bits per heavy atom. The van der Waals surface area contributed by atoms with Gasteiger partial charge in [-0.2, -0.15) is 0 Å². The minimum absolute atomic E-state index is 0.792. The van der Waals surface area contributed by atoms with E-state index in [1.165, 1.54) is 5.69 Å². The Morgan fingerprint density at radius 3 is 2.95 bits per heavy atom. The highest BCUT2D eigenvalue weighted by Crippen LogP contribution is 2.14. The molecule has 20 heavy (non-hydrogen) atoms. The fourth-order valence-electron chi connectivity index (χ4n) is 2.15. The minimum Gasteiger partial charge on any atom is -0.379 e. The van der Waals surface area contributed by atoms with E-state index in [2.05, 4.69) is 50.7 Å². The molecule has 0 aliphatic heterocycles. The Balaban J connectivity index is 1.74. The molecule has 0 spiro atoms. The van der Waals surface area contributed by atoms with Gasteiger partial charge in [0.1, 0.15) is 6.33 Å². The number of tetrazole rings is 1. The standard InChI is InChI=1S/C14H16N6/c1-2-19-8-4-7-14(19)10-15-12-5-3-6-13(9-12)20-11-16-17-18-20/h3-9,11,15H,2,10H2,1H3. The van der Waals surface area contributed by atoms with Gasteiger partial charge in [0.05, 0.1) is 12.2 Å². The van der Waals surface area contributed by atoms with Gasteiger partial charge in [0.2, 0.25) is 0 Å². The second kappa shape index (κ2) is 5.56. The summed E-state index contributed by atoms with van der Waals surface area (Å²) >= 11 is 0. The summed E-state index contributed by atoms with van der Waals surface area (Å²) < 4.78 is 3.86. The summed E-state index contributed by atoms with van der Waals surface area (Å²) in [5, 5.41) is 14.6. The zero-order valence-corrected chi connectivity index (χ0v) is 11.3. The Bertz CT molecular complexity index is 671. The van der Waals surface area contributed by atoms with Crippen molar-refractivity contribution < 1.29 is 0 Å². The van der Waals surface area contributed by atoms with Crippen molar-refractivity contribution in [2.75, 3.05) is 5.32 Å². The largest absolute Gasteiger partial charge is 0.379 e. The number of benzene rings is 1. The molecule has 2 heterocycles. The highest BCUT2D eigenvalue weighted by Gasteiger charge is 2.01. The van der Waals surface area contributed by atoms with Crippen LogP contribution in [0.4, 0.5) is 5.69 Å². The van der Waals surface area contributed by atoms with Gasteiger partial charge in [0.15, 0.2) is 0 Å². The fraction of sp³-hybridized carbons (Fsp3) is 0.214. The quantitative estimate of drug-likeness (QED) is 0.769. The Morgan fingerprint density at radius 2 is 2.15 bits per heavy atom. The molecule has 0 bridgehead atoms. The number of rotatable bonds is 5. The van der Waals surface area contributed by atoms with Crippen LogP contribution in [0, 0.1) is 0 Å². The van der Waals surface area contributed by atoms with E-state index >= 15 is 0 Å². The molecule has 1 N–H and O–H groups in total. The Kier molecular flexibility index (Phi) is 3.45. The highest BCUT2D eigenvalue weighted by atomic mass is 15.5. The normalized spacial score (nSPS) is 10.7. The first-order valence-corrected chi connectivity index (χ1v) is 6.58. The third-order valence-corrected chi connectivity index (χ3v) is 3.20. The second-order valence-electron chi connectivity index (χ2n) is 4.44. The summed E-state index contributed by atoms with van der Waals surface area (Å²) in [5.41, 5.74) is 3.24. The monoisotopic (exact) mass is 268 g/mol. The van der Waals surface area contributed by atoms with Crippen molar-refractivity contribution >= 4 is 5.69 Å². The topological polar surface area (TPSA) is 60.6 Å². The van der Waals surface area contributed by atoms with E-state index < -0.39 is 0 Å². The second-order valence-corrected chi connectivity index (χ2v) is 4.44. The summed E-state index contributed by atoms with van der Waals surface area (Å²) in [6, 6.07) is 12.2. The maximum Gasteiger partial charge on any atom is 0.143 e. The number of aromatic nitrogens is 5. The molecule has 3 aromatic rings. The lowest BCUT2D eigenvalue weighted by atomic mass is 10.2. The van der Waals surface area contributed by atoms with Gasteiger partial charge in [-0.1, -0.05) is 6.07 Å². The molecule has 102 valence electrons. The molecule has 3 rings (SSSR count). The highest BCUT2D eigenvalue weighted by molar-refractivity contribution is 5.50. The van der Waals surface area contributed by atoms with Crippen LogP contribution in [0.25, 0.3) is 5.69 Å². The van der Waals surface area contributed by atoms with Crippen LogP contribution in [-0.4, -0.2) is 24.8 Å². The molecular formula is C14H16N6. The number of nitrogens with one attached hydrogen (secondary N) is 1.